The van der Waals surface area contributed by atoms with Gasteiger partial charge in [-0.25, -0.2) is 0 Å². The van der Waals surface area contributed by atoms with E-state index in [1.54, 1.807) is 0 Å². The number of nitrogens with two attached hydrogens (primary N) is 1. The highest BCUT2D eigenvalue weighted by molar-refractivity contribution is 5.93. The molecule has 4 nitrogen and oxygen atoms in total. The lowest BCUT2D eigenvalue weighted by atomic mass is 9.80. The van der Waals surface area contributed by atoms with Crippen molar-refractivity contribution in [2.75, 3.05) is 13.2 Å². The molecule has 1 amide bonds. The van der Waals surface area contributed by atoms with Crippen molar-refractivity contribution in [1.82, 2.24) is 4.98 Å². The zero-order valence-electron chi connectivity index (χ0n) is 12.7. The number of amides is 1. The molecule has 1 aromatic carbocycles. The second-order valence-corrected chi connectivity index (χ2v) is 5.77. The summed E-state index contributed by atoms with van der Waals surface area (Å²) in [6.07, 6.45) is 2.42. The molecule has 0 radical (unpaired) electrons. The number of para-hydroxylation sites is 1. The van der Waals surface area contributed by atoms with Crippen LogP contribution in [0.15, 0.2) is 18.2 Å². The van der Waals surface area contributed by atoms with Gasteiger partial charge in [-0.2, -0.15) is 0 Å². The van der Waals surface area contributed by atoms with Crippen LogP contribution in [0.5, 0.6) is 0 Å². The lowest BCUT2D eigenvalue weighted by Gasteiger charge is -2.27. The molecule has 2 heterocycles. The fourth-order valence-electron chi connectivity index (χ4n) is 3.44. The smallest absolute Gasteiger partial charge is 0.231 e. The van der Waals surface area contributed by atoms with E-state index in [9.17, 15) is 4.79 Å². The Kier molecular flexibility index (Phi) is 3.49. The lowest BCUT2D eigenvalue weighted by Crippen LogP contribution is -2.44. The molecule has 21 heavy (non-hydrogen) atoms. The topological polar surface area (TPSA) is 68.1 Å². The van der Waals surface area contributed by atoms with Crippen molar-refractivity contribution in [3.8, 4) is 0 Å². The molecule has 3 N–H and O–H groups in total. The van der Waals surface area contributed by atoms with Crippen molar-refractivity contribution in [1.29, 1.82) is 0 Å². The highest BCUT2D eigenvalue weighted by Crippen LogP contribution is 2.37. The van der Waals surface area contributed by atoms with Crippen molar-refractivity contribution in [3.63, 3.8) is 0 Å². The van der Waals surface area contributed by atoms with E-state index in [0.717, 1.165) is 24.1 Å². The predicted octanol–water partition coefficient (Wildman–Crippen LogP) is 2.44. The average molecular weight is 286 g/mol. The first kappa shape index (κ1) is 14.1. The van der Waals surface area contributed by atoms with Crippen LogP contribution in [-0.4, -0.2) is 24.1 Å². The van der Waals surface area contributed by atoms with Gasteiger partial charge in [-0.05, 0) is 30.4 Å². The number of carbonyl (C=O) groups is 1. The summed E-state index contributed by atoms with van der Waals surface area (Å²) in [5, 5.41) is 1.20. The zero-order valence-corrected chi connectivity index (χ0v) is 12.7. The average Bonchev–Trinajstić information content (AvgIpc) is 2.76. The Morgan fingerprint density at radius 3 is 2.90 bits per heavy atom. The zero-order chi connectivity index (χ0) is 15.0. The molecule has 2 aromatic rings. The van der Waals surface area contributed by atoms with E-state index < -0.39 is 5.41 Å². The van der Waals surface area contributed by atoms with E-state index in [1.807, 2.05) is 6.92 Å². The number of rotatable bonds is 3. The normalized spacial score (nSPS) is 22.0. The van der Waals surface area contributed by atoms with Crippen molar-refractivity contribution in [2.45, 2.75) is 38.5 Å². The SMILES string of the molecule is CCc1cccc2c3c([nH]c12)C(CC)(C(N)=O)COCC3. The Balaban J connectivity index is 2.33. The molecular formula is C17H22N2O2. The van der Waals surface area contributed by atoms with Gasteiger partial charge in [0.05, 0.1) is 13.2 Å². The van der Waals surface area contributed by atoms with Crippen molar-refractivity contribution >= 4 is 16.8 Å². The van der Waals surface area contributed by atoms with Crippen molar-refractivity contribution in [2.24, 2.45) is 5.73 Å². The maximum atomic E-state index is 12.2. The summed E-state index contributed by atoms with van der Waals surface area (Å²) in [4.78, 5) is 15.7. The number of fused-ring (bicyclic) bond motifs is 3. The van der Waals surface area contributed by atoms with Crippen LogP contribution >= 0.6 is 0 Å². The molecule has 1 unspecified atom stereocenters. The van der Waals surface area contributed by atoms with Crippen LogP contribution in [0.3, 0.4) is 0 Å². The number of nitrogens with one attached hydrogen (secondary N) is 1. The van der Waals surface area contributed by atoms with Crippen LogP contribution in [0, 0.1) is 0 Å². The monoisotopic (exact) mass is 286 g/mol. The van der Waals surface area contributed by atoms with E-state index in [2.05, 4.69) is 30.1 Å². The van der Waals surface area contributed by atoms with E-state index in [4.69, 9.17) is 10.5 Å². The van der Waals surface area contributed by atoms with Gasteiger partial charge >= 0.3 is 0 Å². The van der Waals surface area contributed by atoms with Gasteiger partial charge < -0.3 is 15.5 Å². The summed E-state index contributed by atoms with van der Waals surface area (Å²) in [5.41, 5.74) is 9.59. The quantitative estimate of drug-likeness (QED) is 0.910. The van der Waals surface area contributed by atoms with Gasteiger partial charge in [0.1, 0.15) is 5.41 Å². The molecule has 0 spiro atoms. The first-order valence-corrected chi connectivity index (χ1v) is 7.64. The number of aryl methyl sites for hydroxylation is 1. The second-order valence-electron chi connectivity index (χ2n) is 5.77. The summed E-state index contributed by atoms with van der Waals surface area (Å²) in [6, 6.07) is 6.34. The third kappa shape index (κ3) is 1.97. The van der Waals surface area contributed by atoms with E-state index in [-0.39, 0.29) is 5.91 Å². The summed E-state index contributed by atoms with van der Waals surface area (Å²) in [7, 11) is 0. The van der Waals surface area contributed by atoms with Gasteiger partial charge in [0.25, 0.3) is 0 Å². The molecule has 0 saturated heterocycles. The molecule has 0 fully saturated rings. The van der Waals surface area contributed by atoms with Crippen LogP contribution in [-0.2, 0) is 27.8 Å². The van der Waals surface area contributed by atoms with Crippen LogP contribution < -0.4 is 5.73 Å². The number of hydrogen-bond acceptors (Lipinski definition) is 2. The van der Waals surface area contributed by atoms with Crippen LogP contribution in [0.25, 0.3) is 10.9 Å². The Morgan fingerprint density at radius 1 is 1.43 bits per heavy atom. The first-order chi connectivity index (χ1) is 10.1. The highest BCUT2D eigenvalue weighted by Gasteiger charge is 2.42. The third-order valence-corrected chi connectivity index (χ3v) is 4.81. The summed E-state index contributed by atoms with van der Waals surface area (Å²) in [6.45, 7) is 5.13. The van der Waals surface area contributed by atoms with Crippen LogP contribution in [0.4, 0.5) is 0 Å². The molecular weight excluding hydrogens is 264 g/mol. The number of H-pyrrole nitrogens is 1. The number of aromatic nitrogens is 1. The summed E-state index contributed by atoms with van der Waals surface area (Å²) >= 11 is 0. The molecule has 112 valence electrons. The maximum Gasteiger partial charge on any atom is 0.231 e. The maximum absolute atomic E-state index is 12.2. The van der Waals surface area contributed by atoms with Gasteiger partial charge in [-0.1, -0.05) is 32.0 Å². The highest BCUT2D eigenvalue weighted by atomic mass is 16.5. The molecule has 1 aliphatic heterocycles. The van der Waals surface area contributed by atoms with Crippen LogP contribution in [0.2, 0.25) is 0 Å². The van der Waals surface area contributed by atoms with E-state index in [0.29, 0.717) is 19.6 Å². The molecule has 1 atom stereocenters. The van der Waals surface area contributed by atoms with Gasteiger partial charge in [0.2, 0.25) is 5.91 Å². The number of hydrogen-bond donors (Lipinski definition) is 2. The minimum atomic E-state index is -0.740. The van der Waals surface area contributed by atoms with Gasteiger partial charge in [-0.15, -0.1) is 0 Å². The Labute approximate surface area is 124 Å². The minimum absolute atomic E-state index is 0.308. The fraction of sp³-hybridized carbons (Fsp3) is 0.471. The molecule has 4 heteroatoms. The van der Waals surface area contributed by atoms with E-state index in [1.165, 1.54) is 16.5 Å². The Morgan fingerprint density at radius 2 is 2.24 bits per heavy atom. The van der Waals surface area contributed by atoms with Crippen molar-refractivity contribution < 1.29 is 9.53 Å². The van der Waals surface area contributed by atoms with Gasteiger partial charge in [0, 0.05) is 16.6 Å². The molecule has 0 aliphatic carbocycles. The fourth-order valence-corrected chi connectivity index (χ4v) is 3.44. The first-order valence-electron chi connectivity index (χ1n) is 7.64. The summed E-state index contributed by atoms with van der Waals surface area (Å²) < 4.78 is 5.69. The number of benzene rings is 1. The predicted molar refractivity (Wildman–Crippen MR) is 83.4 cm³/mol. The minimum Gasteiger partial charge on any atom is -0.380 e. The Hall–Kier alpha value is -1.81. The molecule has 1 aliphatic rings. The molecule has 0 saturated carbocycles. The largest absolute Gasteiger partial charge is 0.380 e. The number of aromatic amines is 1. The number of primary amides is 1. The van der Waals surface area contributed by atoms with Gasteiger partial charge in [0.15, 0.2) is 0 Å². The van der Waals surface area contributed by atoms with Gasteiger partial charge in [-0.3, -0.25) is 4.79 Å². The lowest BCUT2D eigenvalue weighted by molar-refractivity contribution is -0.126. The standard InChI is InChI=1S/C17H22N2O2/c1-3-11-6-5-7-12-13-8-9-21-10-17(4-2,16(18)20)15(13)19-14(11)12/h5-7,19H,3-4,8-10H2,1-2H3,(H2,18,20). The second kappa shape index (κ2) is 5.19. The molecule has 0 bridgehead atoms. The number of carbonyl (C=O) groups excluding carboxylic acids is 1. The number of ether oxygens (including phenoxy) is 1. The molecule has 1 aromatic heterocycles. The molecule has 3 rings (SSSR count). The van der Waals surface area contributed by atoms with Crippen molar-refractivity contribution in [3.05, 3.63) is 35.0 Å². The van der Waals surface area contributed by atoms with E-state index >= 15 is 0 Å². The Bertz CT molecular complexity index is 689. The summed E-state index contributed by atoms with van der Waals surface area (Å²) in [5.74, 6) is -0.308. The third-order valence-electron chi connectivity index (χ3n) is 4.81. The van der Waals surface area contributed by atoms with Crippen LogP contribution in [0.1, 0.15) is 37.1 Å².